The van der Waals surface area contributed by atoms with Gasteiger partial charge in [-0.3, -0.25) is 24.1 Å². The number of rotatable bonds is 7. The highest BCUT2D eigenvalue weighted by Gasteiger charge is 2.74. The number of nitrogens with zero attached hydrogens (tertiary/aromatic N) is 1. The van der Waals surface area contributed by atoms with Crippen molar-refractivity contribution in [2.75, 3.05) is 11.9 Å². The van der Waals surface area contributed by atoms with Gasteiger partial charge in [0.2, 0.25) is 23.3 Å². The Morgan fingerprint density at radius 2 is 2.00 bits per heavy atom. The molecule has 0 aliphatic carbocycles. The smallest absolute Gasteiger partial charge is 0.291 e. The van der Waals surface area contributed by atoms with E-state index in [2.05, 4.69) is 5.32 Å². The van der Waals surface area contributed by atoms with Crippen molar-refractivity contribution in [3.8, 4) is 0 Å². The second-order valence-corrected chi connectivity index (χ2v) is 8.54. The summed E-state index contributed by atoms with van der Waals surface area (Å²) in [5.74, 6) is -2.61. The third-order valence-electron chi connectivity index (χ3n) is 6.92. The number of quaternary nitrogens is 1. The van der Waals surface area contributed by atoms with Crippen LogP contribution in [0.2, 0.25) is 0 Å². The lowest BCUT2D eigenvalue weighted by Crippen LogP contribution is -2.99. The molecule has 8 heteroatoms. The minimum absolute atomic E-state index is 0.111. The molecule has 5 N–H and O–H groups in total. The van der Waals surface area contributed by atoms with Gasteiger partial charge >= 0.3 is 0 Å². The van der Waals surface area contributed by atoms with E-state index in [0.717, 1.165) is 36.1 Å². The van der Waals surface area contributed by atoms with Crippen LogP contribution in [0.15, 0.2) is 18.2 Å². The van der Waals surface area contributed by atoms with Crippen LogP contribution in [-0.2, 0) is 31.1 Å². The standard InChI is InChI=1S/C22H28N4O4/c1-3-5-11-26-19(28)16-14(9-10-15(23)27)25-22(17(16)20(26)29)13-8-6-7-12(4-2)18(13)24-21(22)30/h6-8,14,16-17,25H,3-5,9-11H2,1-2H3,(H2,23,27)(H,24,30)/p+1/t14-,16-,17+,22+/m1/s1. The maximum atomic E-state index is 13.5. The van der Waals surface area contributed by atoms with Crippen LogP contribution in [0.3, 0.4) is 0 Å². The fraction of sp³-hybridized carbons (Fsp3) is 0.545. The normalized spacial score (nSPS) is 29.5. The van der Waals surface area contributed by atoms with E-state index in [1.807, 2.05) is 37.4 Å². The third kappa shape index (κ3) is 2.77. The topological polar surface area (TPSA) is 126 Å². The summed E-state index contributed by atoms with van der Waals surface area (Å²) in [5.41, 5.74) is 6.70. The summed E-state index contributed by atoms with van der Waals surface area (Å²) in [4.78, 5) is 52.9. The molecule has 0 aromatic heterocycles. The minimum atomic E-state index is -1.18. The van der Waals surface area contributed by atoms with Crippen molar-refractivity contribution < 1.29 is 24.5 Å². The van der Waals surface area contributed by atoms with E-state index in [1.165, 1.54) is 4.90 Å². The predicted molar refractivity (Wildman–Crippen MR) is 109 cm³/mol. The molecule has 3 aliphatic heterocycles. The number of hydrogen-bond donors (Lipinski definition) is 3. The fourth-order valence-electron chi connectivity index (χ4n) is 5.51. The van der Waals surface area contributed by atoms with E-state index in [0.29, 0.717) is 13.0 Å². The summed E-state index contributed by atoms with van der Waals surface area (Å²) < 4.78 is 0. The first kappa shape index (κ1) is 20.5. The average Bonchev–Trinajstić information content (AvgIpc) is 3.30. The number of unbranched alkanes of at least 4 members (excludes halogenated alkanes) is 1. The van der Waals surface area contributed by atoms with Gasteiger partial charge in [-0.25, -0.2) is 0 Å². The van der Waals surface area contributed by atoms with E-state index in [-0.39, 0.29) is 30.2 Å². The first-order chi connectivity index (χ1) is 14.4. The van der Waals surface area contributed by atoms with Gasteiger partial charge in [0.25, 0.3) is 5.91 Å². The third-order valence-corrected chi connectivity index (χ3v) is 6.92. The van der Waals surface area contributed by atoms with Gasteiger partial charge in [0, 0.05) is 24.9 Å². The molecule has 4 amide bonds. The van der Waals surface area contributed by atoms with Crippen LogP contribution in [0.4, 0.5) is 5.69 Å². The van der Waals surface area contributed by atoms with Crippen LogP contribution in [0, 0.1) is 11.8 Å². The Kier molecular flexibility index (Phi) is 5.13. The lowest BCUT2D eigenvalue weighted by molar-refractivity contribution is -0.734. The Morgan fingerprint density at radius 3 is 2.67 bits per heavy atom. The number of likely N-dealkylation sites (tertiary alicyclic amines) is 1. The lowest BCUT2D eigenvalue weighted by atomic mass is 9.76. The number of carbonyl (C=O) groups excluding carboxylic acids is 4. The summed E-state index contributed by atoms with van der Waals surface area (Å²) in [6, 6.07) is 5.38. The zero-order valence-corrected chi connectivity index (χ0v) is 17.4. The van der Waals surface area contributed by atoms with Crippen LogP contribution in [0.5, 0.6) is 0 Å². The van der Waals surface area contributed by atoms with Crippen molar-refractivity contribution in [2.45, 2.75) is 57.5 Å². The number of aryl methyl sites for hydroxylation is 1. The van der Waals surface area contributed by atoms with Gasteiger partial charge in [-0.2, -0.15) is 0 Å². The Hall–Kier alpha value is -2.74. The van der Waals surface area contributed by atoms with Crippen molar-refractivity contribution in [1.29, 1.82) is 0 Å². The molecule has 0 unspecified atom stereocenters. The summed E-state index contributed by atoms with van der Waals surface area (Å²) in [6.07, 6.45) is 2.80. The number of para-hydroxylation sites is 1. The van der Waals surface area contributed by atoms with E-state index in [4.69, 9.17) is 5.73 Å². The lowest BCUT2D eigenvalue weighted by Gasteiger charge is -2.26. The molecule has 0 bridgehead atoms. The summed E-state index contributed by atoms with van der Waals surface area (Å²) in [5, 5.41) is 4.86. The molecule has 2 saturated heterocycles. The highest BCUT2D eigenvalue weighted by atomic mass is 16.2. The molecule has 3 aliphatic rings. The molecule has 4 rings (SSSR count). The SMILES string of the molecule is CCCCN1C(=O)[C@H]2[C@@H](C1=O)[C@]1([NH2+][C@@H]2CCC(N)=O)C(=O)Nc2c(CC)cccc21. The number of nitrogens with one attached hydrogen (secondary N) is 1. The first-order valence-electron chi connectivity index (χ1n) is 10.8. The van der Waals surface area contributed by atoms with E-state index >= 15 is 0 Å². The van der Waals surface area contributed by atoms with Gasteiger partial charge in [0.15, 0.2) is 0 Å². The number of nitrogens with two attached hydrogens (primary N) is 2. The number of primary amides is 1. The predicted octanol–water partition coefficient (Wildman–Crippen LogP) is 0.00880. The van der Waals surface area contributed by atoms with Gasteiger partial charge in [-0.15, -0.1) is 0 Å². The molecule has 0 radical (unpaired) electrons. The monoisotopic (exact) mass is 413 g/mol. The molecule has 4 atom stereocenters. The fourth-order valence-corrected chi connectivity index (χ4v) is 5.51. The van der Waals surface area contributed by atoms with Crippen molar-refractivity contribution in [3.63, 3.8) is 0 Å². The van der Waals surface area contributed by atoms with Crippen LogP contribution >= 0.6 is 0 Å². The minimum Gasteiger partial charge on any atom is -0.370 e. The number of amides is 4. The number of anilines is 1. The number of fused-ring (bicyclic) bond motifs is 4. The molecule has 8 nitrogen and oxygen atoms in total. The van der Waals surface area contributed by atoms with Crippen LogP contribution in [-0.4, -0.2) is 41.1 Å². The van der Waals surface area contributed by atoms with E-state index < -0.39 is 23.3 Å². The van der Waals surface area contributed by atoms with E-state index in [9.17, 15) is 19.2 Å². The van der Waals surface area contributed by atoms with Crippen LogP contribution in [0.25, 0.3) is 0 Å². The van der Waals surface area contributed by atoms with Crippen molar-refractivity contribution in [3.05, 3.63) is 29.3 Å². The molecule has 1 aromatic carbocycles. The molecule has 1 aromatic rings. The number of hydrogen-bond acceptors (Lipinski definition) is 4. The van der Waals surface area contributed by atoms with Gasteiger partial charge in [-0.05, 0) is 18.4 Å². The Morgan fingerprint density at radius 1 is 1.23 bits per heavy atom. The molecular formula is C22H29N4O4+. The highest BCUT2D eigenvalue weighted by Crippen LogP contribution is 2.50. The Balaban J connectivity index is 1.82. The Labute approximate surface area is 175 Å². The first-order valence-corrected chi connectivity index (χ1v) is 10.8. The second kappa shape index (κ2) is 7.50. The molecule has 0 saturated carbocycles. The molecular weight excluding hydrogens is 384 g/mol. The van der Waals surface area contributed by atoms with Gasteiger partial charge in [0.1, 0.15) is 17.9 Å². The molecule has 3 heterocycles. The molecule has 1 spiro atoms. The van der Waals surface area contributed by atoms with Gasteiger partial charge < -0.3 is 16.4 Å². The zero-order valence-electron chi connectivity index (χ0n) is 17.4. The summed E-state index contributed by atoms with van der Waals surface area (Å²) >= 11 is 0. The van der Waals surface area contributed by atoms with Gasteiger partial charge in [-0.1, -0.05) is 38.5 Å². The number of benzene rings is 1. The summed E-state index contributed by atoms with van der Waals surface area (Å²) in [7, 11) is 0. The van der Waals surface area contributed by atoms with Crippen molar-refractivity contribution >= 4 is 29.3 Å². The van der Waals surface area contributed by atoms with Crippen molar-refractivity contribution in [2.24, 2.45) is 17.6 Å². The molecule has 160 valence electrons. The van der Waals surface area contributed by atoms with E-state index in [1.54, 1.807) is 0 Å². The molecule has 2 fully saturated rings. The van der Waals surface area contributed by atoms with Gasteiger partial charge in [0.05, 0.1) is 5.69 Å². The van der Waals surface area contributed by atoms with Crippen molar-refractivity contribution in [1.82, 2.24) is 4.90 Å². The van der Waals surface area contributed by atoms with Crippen LogP contribution < -0.4 is 16.4 Å². The zero-order chi connectivity index (χ0) is 21.6. The van der Waals surface area contributed by atoms with Crippen LogP contribution in [0.1, 0.15) is 50.7 Å². The number of carbonyl (C=O) groups is 4. The summed E-state index contributed by atoms with van der Waals surface area (Å²) in [6.45, 7) is 4.38. The maximum Gasteiger partial charge on any atom is 0.291 e. The molecule has 30 heavy (non-hydrogen) atoms. The quantitative estimate of drug-likeness (QED) is 0.544. The average molecular weight is 413 g/mol. The largest absolute Gasteiger partial charge is 0.370 e. The highest BCUT2D eigenvalue weighted by molar-refractivity contribution is 6.14. The second-order valence-electron chi connectivity index (χ2n) is 8.54. The number of imide groups is 1. The Bertz CT molecular complexity index is 930. The maximum absolute atomic E-state index is 13.5.